The van der Waals surface area contributed by atoms with Gasteiger partial charge in [0, 0.05) is 27.2 Å². The lowest BCUT2D eigenvalue weighted by Gasteiger charge is -2.14. The Bertz CT molecular complexity index is 763. The van der Waals surface area contributed by atoms with Gasteiger partial charge >= 0.3 is 0 Å². The van der Waals surface area contributed by atoms with Crippen molar-refractivity contribution in [1.82, 2.24) is 25.4 Å². The zero-order chi connectivity index (χ0) is 19.6. The minimum atomic E-state index is 0. The average Bonchev–Trinajstić information content (AvgIpc) is 2.98. The molecule has 0 spiro atoms. The van der Waals surface area contributed by atoms with Gasteiger partial charge in [-0.15, -0.1) is 34.2 Å². The summed E-state index contributed by atoms with van der Waals surface area (Å²) in [6, 6.07) is 6.21. The average molecular weight is 502 g/mol. The van der Waals surface area contributed by atoms with Crippen molar-refractivity contribution < 1.29 is 9.47 Å². The molecule has 28 heavy (non-hydrogen) atoms. The van der Waals surface area contributed by atoms with Crippen molar-refractivity contribution >= 4 is 29.9 Å². The number of rotatable bonds is 9. The number of aryl methyl sites for hydroxylation is 2. The van der Waals surface area contributed by atoms with Crippen LogP contribution in [-0.2, 0) is 24.8 Å². The summed E-state index contributed by atoms with van der Waals surface area (Å²) in [5.41, 5.74) is 2.39. The third-order valence-corrected chi connectivity index (χ3v) is 4.28. The summed E-state index contributed by atoms with van der Waals surface area (Å²) in [5, 5.41) is 14.9. The van der Waals surface area contributed by atoms with Crippen LogP contribution in [0.4, 0.5) is 0 Å². The topological polar surface area (TPSA) is 85.6 Å². The van der Waals surface area contributed by atoms with Crippen LogP contribution in [0.5, 0.6) is 5.75 Å². The Hall–Kier alpha value is -1.88. The second kappa shape index (κ2) is 12.6. The maximum atomic E-state index is 5.45. The second-order valence-corrected chi connectivity index (χ2v) is 6.30. The Kier molecular flexibility index (Phi) is 10.8. The summed E-state index contributed by atoms with van der Waals surface area (Å²) in [6.07, 6.45) is 0.832. The van der Waals surface area contributed by atoms with Crippen molar-refractivity contribution in [3.05, 3.63) is 41.0 Å². The van der Waals surface area contributed by atoms with Crippen LogP contribution in [0.2, 0.25) is 0 Å². The third kappa shape index (κ3) is 7.27. The highest BCUT2D eigenvalue weighted by Gasteiger charge is 2.07. The van der Waals surface area contributed by atoms with Crippen LogP contribution >= 0.6 is 24.0 Å². The molecule has 0 atom stereocenters. The fraction of sp³-hybridized carbons (Fsp3) is 0.526. The second-order valence-electron chi connectivity index (χ2n) is 6.30. The molecule has 9 heteroatoms. The van der Waals surface area contributed by atoms with Crippen LogP contribution < -0.4 is 15.4 Å². The van der Waals surface area contributed by atoms with E-state index in [9.17, 15) is 0 Å². The number of hydrogen-bond donors (Lipinski definition) is 2. The largest absolute Gasteiger partial charge is 0.496 e. The quantitative estimate of drug-likeness (QED) is 0.236. The Labute approximate surface area is 184 Å². The SMILES string of the molecule is COCCNC(=NCc1nnc(C)n1C)NCCc1cc(C)ccc1OC.I. The first-order valence-electron chi connectivity index (χ1n) is 9.04. The lowest BCUT2D eigenvalue weighted by atomic mass is 10.1. The molecule has 0 aliphatic rings. The molecule has 156 valence electrons. The molecule has 2 N–H and O–H groups in total. The molecule has 0 saturated heterocycles. The molecular weight excluding hydrogens is 471 g/mol. The third-order valence-electron chi connectivity index (χ3n) is 4.28. The molecule has 8 nitrogen and oxygen atoms in total. The molecule has 0 saturated carbocycles. The van der Waals surface area contributed by atoms with Gasteiger partial charge in [-0.25, -0.2) is 4.99 Å². The zero-order valence-electron chi connectivity index (χ0n) is 17.3. The summed E-state index contributed by atoms with van der Waals surface area (Å²) < 4.78 is 12.5. The predicted octanol–water partition coefficient (Wildman–Crippen LogP) is 1.98. The van der Waals surface area contributed by atoms with Gasteiger partial charge in [-0.05, 0) is 31.9 Å². The van der Waals surface area contributed by atoms with E-state index in [-0.39, 0.29) is 24.0 Å². The smallest absolute Gasteiger partial charge is 0.191 e. The van der Waals surface area contributed by atoms with E-state index >= 15 is 0 Å². The number of methoxy groups -OCH3 is 2. The van der Waals surface area contributed by atoms with Crippen LogP contribution in [-0.4, -0.2) is 54.6 Å². The summed E-state index contributed by atoms with van der Waals surface area (Å²) >= 11 is 0. The van der Waals surface area contributed by atoms with E-state index in [4.69, 9.17) is 9.47 Å². The van der Waals surface area contributed by atoms with Gasteiger partial charge in [-0.1, -0.05) is 17.7 Å². The number of hydrogen-bond acceptors (Lipinski definition) is 5. The number of benzene rings is 1. The first kappa shape index (κ1) is 24.2. The number of ether oxygens (including phenoxy) is 2. The van der Waals surface area contributed by atoms with Crippen molar-refractivity contribution in [1.29, 1.82) is 0 Å². The predicted molar refractivity (Wildman–Crippen MR) is 122 cm³/mol. The minimum Gasteiger partial charge on any atom is -0.496 e. The molecule has 1 aromatic carbocycles. The number of nitrogens with zero attached hydrogens (tertiary/aromatic N) is 4. The van der Waals surface area contributed by atoms with Crippen molar-refractivity contribution in [3.8, 4) is 5.75 Å². The molecule has 0 radical (unpaired) electrons. The van der Waals surface area contributed by atoms with Gasteiger partial charge in [0.15, 0.2) is 11.8 Å². The summed E-state index contributed by atoms with van der Waals surface area (Å²) in [6.45, 7) is 6.47. The summed E-state index contributed by atoms with van der Waals surface area (Å²) in [5.74, 6) is 3.32. The maximum absolute atomic E-state index is 5.45. The van der Waals surface area contributed by atoms with Gasteiger partial charge < -0.3 is 24.7 Å². The molecule has 2 aromatic rings. The van der Waals surface area contributed by atoms with E-state index in [1.54, 1.807) is 14.2 Å². The fourth-order valence-electron chi connectivity index (χ4n) is 2.60. The fourth-order valence-corrected chi connectivity index (χ4v) is 2.60. The highest BCUT2D eigenvalue weighted by atomic mass is 127. The molecule has 0 bridgehead atoms. The zero-order valence-corrected chi connectivity index (χ0v) is 19.6. The first-order valence-corrected chi connectivity index (χ1v) is 9.04. The van der Waals surface area contributed by atoms with Crippen LogP contribution in [0.1, 0.15) is 22.8 Å². The van der Waals surface area contributed by atoms with E-state index in [1.807, 2.05) is 24.6 Å². The van der Waals surface area contributed by atoms with Crippen LogP contribution in [0.3, 0.4) is 0 Å². The number of aliphatic imine (C=N–C) groups is 1. The summed E-state index contributed by atoms with van der Waals surface area (Å²) in [4.78, 5) is 4.62. The molecule has 0 unspecified atom stereocenters. The van der Waals surface area contributed by atoms with Crippen LogP contribution in [0.25, 0.3) is 0 Å². The number of halogens is 1. The molecule has 1 heterocycles. The Balaban J connectivity index is 0.00000392. The molecular formula is C19H31IN6O2. The minimum absolute atomic E-state index is 0. The van der Waals surface area contributed by atoms with Crippen molar-refractivity contribution in [3.63, 3.8) is 0 Å². The summed E-state index contributed by atoms with van der Waals surface area (Å²) in [7, 11) is 5.32. The van der Waals surface area contributed by atoms with Gasteiger partial charge in [-0.2, -0.15) is 0 Å². The van der Waals surface area contributed by atoms with Crippen molar-refractivity contribution in [2.75, 3.05) is 33.9 Å². The number of guanidine groups is 1. The number of nitrogens with one attached hydrogen (secondary N) is 2. The first-order chi connectivity index (χ1) is 13.0. The lowest BCUT2D eigenvalue weighted by molar-refractivity contribution is 0.203. The highest BCUT2D eigenvalue weighted by Crippen LogP contribution is 2.19. The number of aromatic nitrogens is 3. The molecule has 2 rings (SSSR count). The van der Waals surface area contributed by atoms with Crippen molar-refractivity contribution in [2.24, 2.45) is 12.0 Å². The van der Waals surface area contributed by atoms with Gasteiger partial charge in [0.25, 0.3) is 0 Å². The van der Waals surface area contributed by atoms with E-state index in [2.05, 4.69) is 44.9 Å². The van der Waals surface area contributed by atoms with E-state index < -0.39 is 0 Å². The van der Waals surface area contributed by atoms with E-state index in [0.717, 1.165) is 36.3 Å². The van der Waals surface area contributed by atoms with E-state index in [0.29, 0.717) is 19.7 Å². The van der Waals surface area contributed by atoms with Crippen LogP contribution in [0.15, 0.2) is 23.2 Å². The molecule has 0 aliphatic carbocycles. The van der Waals surface area contributed by atoms with Gasteiger partial charge in [0.2, 0.25) is 0 Å². The standard InChI is InChI=1S/C19H30N6O2.HI/c1-14-6-7-17(27-5)16(12-14)8-9-20-19(21-10-11-26-4)22-13-18-24-23-15(2)25(18)3;/h6-7,12H,8-11,13H2,1-5H3,(H2,20,21,22);1H. The monoisotopic (exact) mass is 502 g/mol. The van der Waals surface area contributed by atoms with Gasteiger partial charge in [0.05, 0.1) is 13.7 Å². The van der Waals surface area contributed by atoms with Crippen molar-refractivity contribution in [2.45, 2.75) is 26.8 Å². The normalized spacial score (nSPS) is 11.1. The molecule has 0 fully saturated rings. The van der Waals surface area contributed by atoms with Gasteiger partial charge in [-0.3, -0.25) is 0 Å². The highest BCUT2D eigenvalue weighted by molar-refractivity contribution is 14.0. The Morgan fingerprint density at radius 1 is 1.14 bits per heavy atom. The molecule has 0 aliphatic heterocycles. The molecule has 0 amide bonds. The van der Waals surface area contributed by atoms with Crippen LogP contribution in [0, 0.1) is 13.8 Å². The molecule has 1 aromatic heterocycles. The van der Waals surface area contributed by atoms with E-state index in [1.165, 1.54) is 11.1 Å². The Morgan fingerprint density at radius 3 is 2.54 bits per heavy atom. The Morgan fingerprint density at radius 2 is 1.89 bits per heavy atom. The maximum Gasteiger partial charge on any atom is 0.191 e. The van der Waals surface area contributed by atoms with Gasteiger partial charge in [0.1, 0.15) is 18.1 Å². The lowest BCUT2D eigenvalue weighted by Crippen LogP contribution is -2.40.